The number of rotatable bonds is 2. The molecule has 0 atom stereocenters. The van der Waals surface area contributed by atoms with Crippen LogP contribution in [-0.2, 0) is 16.0 Å². The molecule has 0 radical (unpaired) electrons. The van der Waals surface area contributed by atoms with E-state index in [4.69, 9.17) is 5.73 Å². The van der Waals surface area contributed by atoms with Crippen molar-refractivity contribution in [1.82, 2.24) is 0 Å². The first-order valence-corrected chi connectivity index (χ1v) is 6.60. The van der Waals surface area contributed by atoms with Gasteiger partial charge in [0.2, 0.25) is 11.8 Å². The molecule has 1 fully saturated rings. The third kappa shape index (κ3) is 2.21. The predicted molar refractivity (Wildman–Crippen MR) is 72.8 cm³/mol. The molecule has 0 bridgehead atoms. The van der Waals surface area contributed by atoms with Crippen LogP contribution >= 0.6 is 0 Å². The van der Waals surface area contributed by atoms with Gasteiger partial charge in [-0.15, -0.1) is 0 Å². The molecule has 100 valence electrons. The minimum atomic E-state index is -0.690. The molecular formula is C14H17N3O2. The van der Waals surface area contributed by atoms with E-state index in [2.05, 4.69) is 10.6 Å². The molecule has 3 rings (SSSR count). The van der Waals surface area contributed by atoms with Gasteiger partial charge in [-0.25, -0.2) is 0 Å². The van der Waals surface area contributed by atoms with Gasteiger partial charge in [-0.2, -0.15) is 0 Å². The van der Waals surface area contributed by atoms with E-state index in [9.17, 15) is 9.59 Å². The topological polar surface area (TPSA) is 84.2 Å². The number of benzene rings is 1. The summed E-state index contributed by atoms with van der Waals surface area (Å²) in [5.41, 5.74) is 7.92. The van der Waals surface area contributed by atoms with Gasteiger partial charge in [0, 0.05) is 17.8 Å². The largest absolute Gasteiger partial charge is 0.326 e. The van der Waals surface area contributed by atoms with Crippen molar-refractivity contribution < 1.29 is 9.59 Å². The summed E-state index contributed by atoms with van der Waals surface area (Å²) in [6, 6.07) is 5.53. The van der Waals surface area contributed by atoms with Gasteiger partial charge in [-0.1, -0.05) is 0 Å². The van der Waals surface area contributed by atoms with E-state index in [1.165, 1.54) is 0 Å². The quantitative estimate of drug-likeness (QED) is 0.750. The van der Waals surface area contributed by atoms with E-state index in [0.717, 1.165) is 36.2 Å². The lowest BCUT2D eigenvalue weighted by Gasteiger charge is -2.36. The first-order valence-electron chi connectivity index (χ1n) is 6.60. The molecule has 0 spiro atoms. The molecule has 1 aromatic carbocycles. The van der Waals surface area contributed by atoms with Crippen molar-refractivity contribution in [3.63, 3.8) is 0 Å². The SMILES string of the molecule is NC1(C(=O)Nc2ccc3c(c2)CCC(=O)N3)CCC1. The number of anilines is 2. The minimum absolute atomic E-state index is 0.0414. The highest BCUT2D eigenvalue weighted by Crippen LogP contribution is 2.31. The lowest BCUT2D eigenvalue weighted by Crippen LogP contribution is -2.56. The average Bonchev–Trinajstić information content (AvgIpc) is 2.36. The standard InChI is InChI=1S/C14H17N3O2/c15-14(6-1-7-14)13(19)16-10-3-4-11-9(8-10)2-5-12(18)17-11/h3-4,8H,1-2,5-7,15H2,(H,16,19)(H,17,18). The van der Waals surface area contributed by atoms with E-state index in [-0.39, 0.29) is 11.8 Å². The molecule has 1 aromatic rings. The maximum absolute atomic E-state index is 12.0. The minimum Gasteiger partial charge on any atom is -0.326 e. The zero-order valence-electron chi connectivity index (χ0n) is 10.7. The molecule has 5 nitrogen and oxygen atoms in total. The summed E-state index contributed by atoms with van der Waals surface area (Å²) >= 11 is 0. The molecule has 1 saturated carbocycles. The van der Waals surface area contributed by atoms with Crippen LogP contribution in [0.25, 0.3) is 0 Å². The van der Waals surface area contributed by atoms with Crippen LogP contribution in [0.15, 0.2) is 18.2 Å². The molecule has 0 saturated heterocycles. The summed E-state index contributed by atoms with van der Waals surface area (Å²) in [6.07, 6.45) is 3.71. The van der Waals surface area contributed by atoms with E-state index in [0.29, 0.717) is 12.8 Å². The number of nitrogens with two attached hydrogens (primary N) is 1. The van der Waals surface area contributed by atoms with Crippen LogP contribution in [-0.4, -0.2) is 17.4 Å². The van der Waals surface area contributed by atoms with Crippen LogP contribution in [0.4, 0.5) is 11.4 Å². The second-order valence-electron chi connectivity index (χ2n) is 5.38. The van der Waals surface area contributed by atoms with Crippen LogP contribution in [0, 0.1) is 0 Å². The van der Waals surface area contributed by atoms with Crippen molar-refractivity contribution in [3.05, 3.63) is 23.8 Å². The van der Waals surface area contributed by atoms with Crippen LogP contribution in [0.2, 0.25) is 0 Å². The molecule has 19 heavy (non-hydrogen) atoms. The van der Waals surface area contributed by atoms with Crippen LogP contribution in [0.5, 0.6) is 0 Å². The third-order valence-corrected chi connectivity index (χ3v) is 3.96. The Kier molecular flexibility index (Phi) is 2.78. The summed E-state index contributed by atoms with van der Waals surface area (Å²) in [5.74, 6) is -0.0711. The molecule has 0 unspecified atom stereocenters. The van der Waals surface area contributed by atoms with Crippen LogP contribution in [0.1, 0.15) is 31.2 Å². The van der Waals surface area contributed by atoms with Crippen molar-refractivity contribution in [2.75, 3.05) is 10.6 Å². The third-order valence-electron chi connectivity index (χ3n) is 3.96. The second kappa shape index (κ2) is 4.35. The molecule has 0 aromatic heterocycles. The first-order chi connectivity index (χ1) is 9.07. The molecule has 1 aliphatic heterocycles. The Morgan fingerprint density at radius 3 is 2.79 bits per heavy atom. The van der Waals surface area contributed by atoms with Crippen molar-refractivity contribution in [2.45, 2.75) is 37.6 Å². The summed E-state index contributed by atoms with van der Waals surface area (Å²) in [7, 11) is 0. The number of hydrogen-bond acceptors (Lipinski definition) is 3. The second-order valence-corrected chi connectivity index (χ2v) is 5.38. The van der Waals surface area contributed by atoms with Crippen LogP contribution < -0.4 is 16.4 Å². The molecule has 2 amide bonds. The summed E-state index contributed by atoms with van der Waals surface area (Å²) in [6.45, 7) is 0. The Morgan fingerprint density at radius 2 is 2.11 bits per heavy atom. The maximum atomic E-state index is 12.0. The predicted octanol–water partition coefficient (Wildman–Crippen LogP) is 1.39. The van der Waals surface area contributed by atoms with E-state index in [1.54, 1.807) is 6.07 Å². The van der Waals surface area contributed by atoms with Crippen molar-refractivity contribution >= 4 is 23.2 Å². The van der Waals surface area contributed by atoms with Gasteiger partial charge in [0.15, 0.2) is 0 Å². The summed E-state index contributed by atoms with van der Waals surface area (Å²) in [4.78, 5) is 23.3. The Hall–Kier alpha value is -1.88. The van der Waals surface area contributed by atoms with E-state index in [1.807, 2.05) is 12.1 Å². The smallest absolute Gasteiger partial charge is 0.244 e. The highest BCUT2D eigenvalue weighted by atomic mass is 16.2. The lowest BCUT2D eigenvalue weighted by atomic mass is 9.77. The normalized spacial score (nSPS) is 19.9. The molecular weight excluding hydrogens is 242 g/mol. The van der Waals surface area contributed by atoms with Gasteiger partial charge in [0.25, 0.3) is 0 Å². The number of amides is 2. The Morgan fingerprint density at radius 1 is 1.32 bits per heavy atom. The Labute approximate surface area is 111 Å². The van der Waals surface area contributed by atoms with Crippen molar-refractivity contribution in [3.8, 4) is 0 Å². The number of carbonyl (C=O) groups is 2. The lowest BCUT2D eigenvalue weighted by molar-refractivity contribution is -0.123. The fourth-order valence-electron chi connectivity index (χ4n) is 2.50. The summed E-state index contributed by atoms with van der Waals surface area (Å²) < 4.78 is 0. The van der Waals surface area contributed by atoms with Crippen LogP contribution in [0.3, 0.4) is 0 Å². The fraction of sp³-hybridized carbons (Fsp3) is 0.429. The highest BCUT2D eigenvalue weighted by molar-refractivity contribution is 5.99. The zero-order valence-corrected chi connectivity index (χ0v) is 10.7. The first kappa shape index (κ1) is 12.2. The zero-order chi connectivity index (χ0) is 13.5. The molecule has 1 heterocycles. The highest BCUT2D eigenvalue weighted by Gasteiger charge is 2.40. The number of nitrogens with one attached hydrogen (secondary N) is 2. The number of fused-ring (bicyclic) bond motifs is 1. The van der Waals surface area contributed by atoms with Gasteiger partial charge in [0.05, 0.1) is 5.54 Å². The molecule has 2 aliphatic rings. The average molecular weight is 259 g/mol. The Balaban J connectivity index is 1.75. The van der Waals surface area contributed by atoms with Crippen molar-refractivity contribution in [1.29, 1.82) is 0 Å². The number of carbonyl (C=O) groups excluding carboxylic acids is 2. The molecule has 4 N–H and O–H groups in total. The fourth-order valence-corrected chi connectivity index (χ4v) is 2.50. The van der Waals surface area contributed by atoms with Gasteiger partial charge in [-0.3, -0.25) is 9.59 Å². The van der Waals surface area contributed by atoms with Gasteiger partial charge in [-0.05, 0) is 49.4 Å². The van der Waals surface area contributed by atoms with Crippen molar-refractivity contribution in [2.24, 2.45) is 5.73 Å². The molecule has 5 heteroatoms. The van der Waals surface area contributed by atoms with E-state index >= 15 is 0 Å². The number of hydrogen-bond donors (Lipinski definition) is 3. The number of aryl methyl sites for hydroxylation is 1. The molecule has 1 aliphatic carbocycles. The maximum Gasteiger partial charge on any atom is 0.244 e. The van der Waals surface area contributed by atoms with Gasteiger partial charge >= 0.3 is 0 Å². The van der Waals surface area contributed by atoms with E-state index < -0.39 is 5.54 Å². The monoisotopic (exact) mass is 259 g/mol. The Bertz CT molecular complexity index is 550. The summed E-state index contributed by atoms with van der Waals surface area (Å²) in [5, 5.41) is 5.69. The van der Waals surface area contributed by atoms with Gasteiger partial charge < -0.3 is 16.4 Å². The van der Waals surface area contributed by atoms with Gasteiger partial charge in [0.1, 0.15) is 0 Å².